The lowest BCUT2D eigenvalue weighted by Crippen LogP contribution is -2.26. The van der Waals surface area contributed by atoms with Crippen molar-refractivity contribution in [1.82, 2.24) is 9.55 Å². The molecule has 0 bridgehead atoms. The Morgan fingerprint density at radius 1 is 1.15 bits per heavy atom. The van der Waals surface area contributed by atoms with Gasteiger partial charge in [0.15, 0.2) is 5.16 Å². The van der Waals surface area contributed by atoms with E-state index >= 15 is 0 Å². The monoisotopic (exact) mass is 477 g/mol. The second kappa shape index (κ2) is 9.34. The number of hydrogen-bond donors (Lipinski definition) is 1. The molecule has 0 aliphatic heterocycles. The number of thioether (sulfide) groups is 1. The molecule has 8 nitrogen and oxygen atoms in total. The van der Waals surface area contributed by atoms with Gasteiger partial charge in [-0.15, -0.1) is 0 Å². The van der Waals surface area contributed by atoms with Crippen molar-refractivity contribution in [2.24, 2.45) is 0 Å². The molecule has 2 aromatic carbocycles. The molecule has 0 unspecified atom stereocenters. The number of furan rings is 1. The first-order valence-electron chi connectivity index (χ1n) is 11.1. The maximum absolute atomic E-state index is 13.5. The number of esters is 1. The zero-order chi connectivity index (χ0) is 23.7. The fourth-order valence-electron chi connectivity index (χ4n) is 4.42. The van der Waals surface area contributed by atoms with E-state index in [2.05, 4.69) is 5.32 Å². The molecule has 5 rings (SSSR count). The van der Waals surface area contributed by atoms with E-state index in [1.165, 1.54) is 18.9 Å². The first-order valence-corrected chi connectivity index (χ1v) is 12.1. The second-order valence-electron chi connectivity index (χ2n) is 8.16. The average Bonchev–Trinajstić information content (AvgIpc) is 3.51. The van der Waals surface area contributed by atoms with E-state index in [4.69, 9.17) is 14.1 Å². The van der Waals surface area contributed by atoms with Crippen LogP contribution in [0.3, 0.4) is 0 Å². The molecule has 0 radical (unpaired) electrons. The molecule has 1 amide bonds. The van der Waals surface area contributed by atoms with Crippen molar-refractivity contribution in [3.05, 3.63) is 64.4 Å². The number of aromatic nitrogens is 2. The Bertz CT molecular complexity index is 1450. The van der Waals surface area contributed by atoms with Gasteiger partial charge in [0.25, 0.3) is 5.56 Å². The molecule has 1 N–H and O–H groups in total. The number of hydrogen-bond acceptors (Lipinski definition) is 7. The molecule has 0 saturated heterocycles. The molecule has 2 heterocycles. The van der Waals surface area contributed by atoms with Crippen molar-refractivity contribution in [2.75, 3.05) is 18.2 Å². The number of carbonyl (C=O) groups is 2. The van der Waals surface area contributed by atoms with Crippen LogP contribution < -0.4 is 10.9 Å². The molecular formula is C25H23N3O5S. The smallest absolute Gasteiger partial charge is 0.339 e. The first kappa shape index (κ1) is 22.2. The SMILES string of the molecule is COC(=O)c1ccccc1NC(=O)CSc1nc2c(oc3ccccc32)c(=O)n1C1CCCC1. The van der Waals surface area contributed by atoms with Gasteiger partial charge in [-0.1, -0.05) is 48.9 Å². The van der Waals surface area contributed by atoms with E-state index in [0.717, 1.165) is 31.1 Å². The van der Waals surface area contributed by atoms with Crippen molar-refractivity contribution in [1.29, 1.82) is 0 Å². The van der Waals surface area contributed by atoms with Crippen LogP contribution in [0, 0.1) is 0 Å². The number of ether oxygens (including phenoxy) is 1. The molecule has 0 atom stereocenters. The maximum atomic E-state index is 13.5. The molecule has 1 aliphatic rings. The summed E-state index contributed by atoms with van der Waals surface area (Å²) in [4.78, 5) is 43.0. The van der Waals surface area contributed by atoms with E-state index in [9.17, 15) is 14.4 Å². The minimum atomic E-state index is -0.530. The summed E-state index contributed by atoms with van der Waals surface area (Å²) < 4.78 is 12.3. The summed E-state index contributed by atoms with van der Waals surface area (Å²) in [5, 5.41) is 4.03. The summed E-state index contributed by atoms with van der Waals surface area (Å²) in [7, 11) is 1.29. The third-order valence-corrected chi connectivity index (χ3v) is 6.98. The molecule has 1 fully saturated rings. The van der Waals surface area contributed by atoms with E-state index in [1.54, 1.807) is 28.8 Å². The third kappa shape index (κ3) is 4.07. The fourth-order valence-corrected chi connectivity index (χ4v) is 5.28. The van der Waals surface area contributed by atoms with Crippen molar-refractivity contribution in [3.63, 3.8) is 0 Å². The van der Waals surface area contributed by atoms with E-state index in [-0.39, 0.29) is 34.4 Å². The van der Waals surface area contributed by atoms with Crippen molar-refractivity contribution < 1.29 is 18.7 Å². The zero-order valence-electron chi connectivity index (χ0n) is 18.6. The highest BCUT2D eigenvalue weighted by atomic mass is 32.2. The second-order valence-corrected chi connectivity index (χ2v) is 9.10. The average molecular weight is 478 g/mol. The Morgan fingerprint density at radius 3 is 2.68 bits per heavy atom. The van der Waals surface area contributed by atoms with Crippen LogP contribution >= 0.6 is 11.8 Å². The summed E-state index contributed by atoms with van der Waals surface area (Å²) in [5.41, 5.74) is 1.79. The van der Waals surface area contributed by atoms with Crippen LogP contribution in [0.5, 0.6) is 0 Å². The molecular weight excluding hydrogens is 454 g/mol. The van der Waals surface area contributed by atoms with Crippen LogP contribution in [0.15, 0.2) is 62.9 Å². The fraction of sp³-hybridized carbons (Fsp3) is 0.280. The van der Waals surface area contributed by atoms with Gasteiger partial charge in [-0.2, -0.15) is 0 Å². The van der Waals surface area contributed by atoms with Crippen LogP contribution in [-0.4, -0.2) is 34.3 Å². The predicted octanol–water partition coefficient (Wildman–Crippen LogP) is 4.78. The number of amides is 1. The Hall–Kier alpha value is -3.59. The summed E-state index contributed by atoms with van der Waals surface area (Å²) in [6.45, 7) is 0. The van der Waals surface area contributed by atoms with Gasteiger partial charge >= 0.3 is 5.97 Å². The number of carbonyl (C=O) groups excluding carboxylic acids is 2. The lowest BCUT2D eigenvalue weighted by atomic mass is 10.2. The summed E-state index contributed by atoms with van der Waals surface area (Å²) in [6.07, 6.45) is 3.87. The first-order chi connectivity index (χ1) is 16.6. The molecule has 34 heavy (non-hydrogen) atoms. The Labute approximate surface area is 199 Å². The normalized spacial score (nSPS) is 14.0. The number of fused-ring (bicyclic) bond motifs is 3. The molecule has 4 aromatic rings. The number of nitrogens with one attached hydrogen (secondary N) is 1. The molecule has 2 aromatic heterocycles. The number of anilines is 1. The summed E-state index contributed by atoms with van der Waals surface area (Å²) >= 11 is 1.20. The highest BCUT2D eigenvalue weighted by Crippen LogP contribution is 2.34. The predicted molar refractivity (Wildman–Crippen MR) is 130 cm³/mol. The summed E-state index contributed by atoms with van der Waals surface area (Å²) in [5.74, 6) is -0.820. The number of para-hydroxylation sites is 2. The topological polar surface area (TPSA) is 103 Å². The lowest BCUT2D eigenvalue weighted by molar-refractivity contribution is -0.113. The van der Waals surface area contributed by atoms with Gasteiger partial charge in [0, 0.05) is 11.4 Å². The number of nitrogens with zero attached hydrogens (tertiary/aromatic N) is 2. The molecule has 9 heteroatoms. The van der Waals surface area contributed by atoms with Crippen molar-refractivity contribution >= 4 is 51.4 Å². The quantitative estimate of drug-likeness (QED) is 0.242. The van der Waals surface area contributed by atoms with E-state index in [0.29, 0.717) is 21.9 Å². The van der Waals surface area contributed by atoms with Gasteiger partial charge in [-0.25, -0.2) is 9.78 Å². The maximum Gasteiger partial charge on any atom is 0.339 e. The highest BCUT2D eigenvalue weighted by Gasteiger charge is 2.26. The third-order valence-electron chi connectivity index (χ3n) is 6.02. The molecule has 1 saturated carbocycles. The van der Waals surface area contributed by atoms with Crippen LogP contribution in [0.1, 0.15) is 42.1 Å². The number of methoxy groups -OCH3 is 1. The zero-order valence-corrected chi connectivity index (χ0v) is 19.4. The lowest BCUT2D eigenvalue weighted by Gasteiger charge is -2.17. The number of benzene rings is 2. The van der Waals surface area contributed by atoms with Gasteiger partial charge in [0.2, 0.25) is 11.5 Å². The Morgan fingerprint density at radius 2 is 1.88 bits per heavy atom. The van der Waals surface area contributed by atoms with E-state index in [1.807, 2.05) is 24.3 Å². The van der Waals surface area contributed by atoms with Crippen LogP contribution in [0.25, 0.3) is 22.1 Å². The highest BCUT2D eigenvalue weighted by molar-refractivity contribution is 7.99. The minimum Gasteiger partial charge on any atom is -0.465 e. The van der Waals surface area contributed by atoms with Crippen molar-refractivity contribution in [2.45, 2.75) is 36.9 Å². The summed E-state index contributed by atoms with van der Waals surface area (Å²) in [6, 6.07) is 14.1. The van der Waals surface area contributed by atoms with Gasteiger partial charge in [0.05, 0.1) is 24.1 Å². The minimum absolute atomic E-state index is 0.0238. The standard InChI is InChI=1S/C25H23N3O5S/c1-32-24(31)16-10-4-6-12-18(16)26-20(29)14-34-25-27-21-17-11-5-7-13-19(17)33-22(21)23(30)28(25)15-8-2-3-9-15/h4-7,10-13,15H,2-3,8-9,14H2,1H3,(H,26,29). The van der Waals surface area contributed by atoms with Crippen LogP contribution in [-0.2, 0) is 9.53 Å². The number of rotatable bonds is 6. The Kier molecular flexibility index (Phi) is 6.10. The van der Waals surface area contributed by atoms with Gasteiger partial charge in [-0.3, -0.25) is 14.2 Å². The van der Waals surface area contributed by atoms with Gasteiger partial charge in [0.1, 0.15) is 11.1 Å². The van der Waals surface area contributed by atoms with Crippen LogP contribution in [0.2, 0.25) is 0 Å². The van der Waals surface area contributed by atoms with Crippen molar-refractivity contribution in [3.8, 4) is 0 Å². The van der Waals surface area contributed by atoms with Gasteiger partial charge < -0.3 is 14.5 Å². The molecule has 1 aliphatic carbocycles. The van der Waals surface area contributed by atoms with Crippen LogP contribution in [0.4, 0.5) is 5.69 Å². The molecule has 174 valence electrons. The van der Waals surface area contributed by atoms with Gasteiger partial charge in [-0.05, 0) is 37.1 Å². The molecule has 0 spiro atoms. The largest absolute Gasteiger partial charge is 0.465 e. The van der Waals surface area contributed by atoms with E-state index < -0.39 is 5.97 Å². The Balaban J connectivity index is 1.47.